The quantitative estimate of drug-likeness (QED) is 0.781. The number of nitrogens with two attached hydrogens (primary N) is 1. The summed E-state index contributed by atoms with van der Waals surface area (Å²) in [6.07, 6.45) is 0.184. The number of halogens is 1. The van der Waals surface area contributed by atoms with Gasteiger partial charge < -0.3 is 16.0 Å². The average molecular weight is 376 g/mol. The maximum atomic E-state index is 12.6. The summed E-state index contributed by atoms with van der Waals surface area (Å²) in [4.78, 5) is 26.7. The maximum absolute atomic E-state index is 12.6. The van der Waals surface area contributed by atoms with Crippen molar-refractivity contribution in [1.82, 2.24) is 10.2 Å². The van der Waals surface area contributed by atoms with E-state index in [1.165, 1.54) is 0 Å². The molecular formula is C20H26ClN3O2. The molecule has 0 saturated carbocycles. The molecule has 2 amide bonds. The number of hydrogen-bond donors (Lipinski definition) is 2. The van der Waals surface area contributed by atoms with E-state index >= 15 is 0 Å². The standard InChI is InChI=1S/C20H25N3O2.ClH/c1-15(14-21)23(2)19(24)13-18(16-9-5-3-6-10-16)22-20(25)17-11-7-4-8-12-17;/h3-12,15,18H,13-14,21H2,1-2H3,(H,22,25);1H. The Labute approximate surface area is 161 Å². The van der Waals surface area contributed by atoms with Crippen LogP contribution in [0.3, 0.4) is 0 Å². The van der Waals surface area contributed by atoms with Gasteiger partial charge in [0, 0.05) is 25.2 Å². The van der Waals surface area contributed by atoms with Crippen molar-refractivity contribution >= 4 is 24.2 Å². The molecule has 0 radical (unpaired) electrons. The van der Waals surface area contributed by atoms with Crippen LogP contribution in [0.15, 0.2) is 60.7 Å². The van der Waals surface area contributed by atoms with Crippen LogP contribution in [0.5, 0.6) is 0 Å². The second-order valence-corrected chi connectivity index (χ2v) is 6.10. The number of carbonyl (C=O) groups excluding carboxylic acids is 2. The van der Waals surface area contributed by atoms with Crippen LogP contribution in [-0.4, -0.2) is 36.3 Å². The van der Waals surface area contributed by atoms with Crippen LogP contribution in [0.4, 0.5) is 0 Å². The normalized spacial score (nSPS) is 12.4. The summed E-state index contributed by atoms with van der Waals surface area (Å²) < 4.78 is 0. The van der Waals surface area contributed by atoms with Gasteiger partial charge in [-0.2, -0.15) is 0 Å². The van der Waals surface area contributed by atoms with Crippen LogP contribution in [0.1, 0.15) is 35.3 Å². The number of benzene rings is 2. The lowest BCUT2D eigenvalue weighted by Gasteiger charge is -2.27. The van der Waals surface area contributed by atoms with Crippen molar-refractivity contribution in [2.75, 3.05) is 13.6 Å². The molecule has 6 heteroatoms. The van der Waals surface area contributed by atoms with E-state index in [2.05, 4.69) is 5.32 Å². The molecule has 140 valence electrons. The zero-order chi connectivity index (χ0) is 18.2. The minimum absolute atomic E-state index is 0. The fourth-order valence-corrected chi connectivity index (χ4v) is 2.49. The van der Waals surface area contributed by atoms with Crippen molar-refractivity contribution in [2.24, 2.45) is 5.73 Å². The zero-order valence-electron chi connectivity index (χ0n) is 15.1. The van der Waals surface area contributed by atoms with E-state index < -0.39 is 6.04 Å². The van der Waals surface area contributed by atoms with Gasteiger partial charge in [0.15, 0.2) is 0 Å². The summed E-state index contributed by atoms with van der Waals surface area (Å²) in [6.45, 7) is 2.30. The van der Waals surface area contributed by atoms with Crippen molar-refractivity contribution < 1.29 is 9.59 Å². The molecule has 0 bridgehead atoms. The Balaban J connectivity index is 0.00000338. The van der Waals surface area contributed by atoms with Gasteiger partial charge in [-0.3, -0.25) is 9.59 Å². The smallest absolute Gasteiger partial charge is 0.251 e. The second-order valence-electron chi connectivity index (χ2n) is 6.10. The van der Waals surface area contributed by atoms with E-state index in [1.54, 1.807) is 24.1 Å². The van der Waals surface area contributed by atoms with Gasteiger partial charge in [-0.25, -0.2) is 0 Å². The Kier molecular flexibility index (Phi) is 8.82. The van der Waals surface area contributed by atoms with E-state index in [4.69, 9.17) is 5.73 Å². The Bertz CT molecular complexity index is 695. The van der Waals surface area contributed by atoms with Gasteiger partial charge in [0.25, 0.3) is 5.91 Å². The van der Waals surface area contributed by atoms with Crippen LogP contribution in [0.2, 0.25) is 0 Å². The number of carbonyl (C=O) groups is 2. The summed E-state index contributed by atoms with van der Waals surface area (Å²) in [5, 5.41) is 2.97. The summed E-state index contributed by atoms with van der Waals surface area (Å²) in [5.74, 6) is -0.253. The second kappa shape index (κ2) is 10.6. The lowest BCUT2D eigenvalue weighted by molar-refractivity contribution is -0.132. The van der Waals surface area contributed by atoms with Crippen LogP contribution in [0, 0.1) is 0 Å². The minimum atomic E-state index is -0.395. The first-order chi connectivity index (χ1) is 12.0. The van der Waals surface area contributed by atoms with Gasteiger partial charge in [-0.15, -0.1) is 12.4 Å². The van der Waals surface area contributed by atoms with Crippen LogP contribution in [-0.2, 0) is 4.79 Å². The molecule has 0 heterocycles. The highest BCUT2D eigenvalue weighted by molar-refractivity contribution is 5.94. The largest absolute Gasteiger partial charge is 0.345 e. The molecule has 2 rings (SSSR count). The molecular weight excluding hydrogens is 350 g/mol. The third kappa shape index (κ3) is 5.86. The number of hydrogen-bond acceptors (Lipinski definition) is 3. The van der Waals surface area contributed by atoms with E-state index in [9.17, 15) is 9.59 Å². The number of nitrogens with zero attached hydrogens (tertiary/aromatic N) is 1. The molecule has 0 saturated heterocycles. The molecule has 26 heavy (non-hydrogen) atoms. The first-order valence-corrected chi connectivity index (χ1v) is 8.39. The van der Waals surface area contributed by atoms with E-state index in [0.717, 1.165) is 5.56 Å². The first-order valence-electron chi connectivity index (χ1n) is 8.39. The minimum Gasteiger partial charge on any atom is -0.345 e. The fourth-order valence-electron chi connectivity index (χ4n) is 2.49. The molecule has 0 fully saturated rings. The predicted octanol–water partition coefficient (Wildman–Crippen LogP) is 2.78. The van der Waals surface area contributed by atoms with E-state index in [0.29, 0.717) is 12.1 Å². The molecule has 2 atom stereocenters. The lowest BCUT2D eigenvalue weighted by Crippen LogP contribution is -2.41. The molecule has 0 aliphatic heterocycles. The topological polar surface area (TPSA) is 75.4 Å². The van der Waals surface area contributed by atoms with Gasteiger partial charge in [0.1, 0.15) is 0 Å². The molecule has 5 nitrogen and oxygen atoms in total. The molecule has 2 aromatic carbocycles. The number of amides is 2. The summed E-state index contributed by atoms with van der Waals surface area (Å²) >= 11 is 0. The van der Waals surface area contributed by atoms with Crippen molar-refractivity contribution in [1.29, 1.82) is 0 Å². The Morgan fingerprint density at radius 1 is 1.04 bits per heavy atom. The molecule has 3 N–H and O–H groups in total. The van der Waals surface area contributed by atoms with Gasteiger partial charge in [0.05, 0.1) is 12.5 Å². The molecule has 0 aliphatic carbocycles. The third-order valence-electron chi connectivity index (χ3n) is 4.32. The van der Waals surface area contributed by atoms with Crippen LogP contribution < -0.4 is 11.1 Å². The molecule has 0 aliphatic rings. The Hall–Kier alpha value is -2.37. The van der Waals surface area contributed by atoms with Gasteiger partial charge >= 0.3 is 0 Å². The fraction of sp³-hybridized carbons (Fsp3) is 0.300. The van der Waals surface area contributed by atoms with Gasteiger partial charge in [-0.1, -0.05) is 48.5 Å². The lowest BCUT2D eigenvalue weighted by atomic mass is 10.0. The van der Waals surface area contributed by atoms with Crippen molar-refractivity contribution in [3.63, 3.8) is 0 Å². The average Bonchev–Trinajstić information content (AvgIpc) is 2.67. The van der Waals surface area contributed by atoms with Gasteiger partial charge in [-0.05, 0) is 24.6 Å². The monoisotopic (exact) mass is 375 g/mol. The predicted molar refractivity (Wildman–Crippen MR) is 106 cm³/mol. The SMILES string of the molecule is CC(CN)N(C)C(=O)CC(NC(=O)c1ccccc1)c1ccccc1.Cl. The summed E-state index contributed by atoms with van der Waals surface area (Å²) in [5.41, 5.74) is 7.11. The molecule has 0 spiro atoms. The highest BCUT2D eigenvalue weighted by atomic mass is 35.5. The van der Waals surface area contributed by atoms with Crippen molar-refractivity contribution in [2.45, 2.75) is 25.4 Å². The highest BCUT2D eigenvalue weighted by Crippen LogP contribution is 2.19. The Morgan fingerprint density at radius 2 is 1.58 bits per heavy atom. The summed E-state index contributed by atoms with van der Waals surface area (Å²) in [7, 11) is 1.74. The van der Waals surface area contributed by atoms with E-state index in [1.807, 2.05) is 55.5 Å². The molecule has 2 aromatic rings. The highest BCUT2D eigenvalue weighted by Gasteiger charge is 2.22. The van der Waals surface area contributed by atoms with Crippen LogP contribution >= 0.6 is 12.4 Å². The number of nitrogens with one attached hydrogen (secondary N) is 1. The summed E-state index contributed by atoms with van der Waals surface area (Å²) in [6, 6.07) is 18.1. The van der Waals surface area contributed by atoms with Crippen molar-refractivity contribution in [3.05, 3.63) is 71.8 Å². The Morgan fingerprint density at radius 3 is 2.12 bits per heavy atom. The zero-order valence-corrected chi connectivity index (χ0v) is 15.9. The number of rotatable bonds is 7. The van der Waals surface area contributed by atoms with E-state index in [-0.39, 0.29) is 36.7 Å². The van der Waals surface area contributed by atoms with Gasteiger partial charge in [0.2, 0.25) is 5.91 Å². The van der Waals surface area contributed by atoms with Crippen molar-refractivity contribution in [3.8, 4) is 0 Å². The molecule has 2 unspecified atom stereocenters. The first kappa shape index (κ1) is 21.7. The number of likely N-dealkylation sites (N-methyl/N-ethyl adjacent to an activating group) is 1. The third-order valence-corrected chi connectivity index (χ3v) is 4.32. The molecule has 0 aromatic heterocycles. The van der Waals surface area contributed by atoms with Crippen LogP contribution in [0.25, 0.3) is 0 Å². The maximum Gasteiger partial charge on any atom is 0.251 e.